The molecule has 10 rings (SSSR count). The lowest BCUT2D eigenvalue weighted by molar-refractivity contribution is 1.25. The van der Waals surface area contributed by atoms with E-state index >= 15 is 0 Å². The quantitative estimate of drug-likeness (QED) is 0.133. The lowest BCUT2D eigenvalue weighted by Gasteiger charge is -2.43. The molecule has 2 heteroatoms. The predicted molar refractivity (Wildman–Crippen MR) is 255 cm³/mol. The summed E-state index contributed by atoms with van der Waals surface area (Å²) in [7, 11) is -1.96. The molecule has 0 aromatic heterocycles. The summed E-state index contributed by atoms with van der Waals surface area (Å²) in [5.41, 5.74) is 10.5. The highest BCUT2D eigenvalue weighted by molar-refractivity contribution is 8.34. The maximum absolute atomic E-state index is 2.41. The van der Waals surface area contributed by atoms with Crippen molar-refractivity contribution >= 4 is 37.9 Å². The molecule has 0 radical (unpaired) electrons. The molecule has 0 spiro atoms. The number of nitrogens with zero attached hydrogens (tertiary/aromatic N) is 1. The maximum atomic E-state index is 2.41. The van der Waals surface area contributed by atoms with Crippen molar-refractivity contribution in [1.82, 2.24) is 0 Å². The molecule has 0 bridgehead atoms. The van der Waals surface area contributed by atoms with Crippen molar-refractivity contribution in [1.29, 1.82) is 0 Å². The molecule has 0 amide bonds. The molecule has 0 heterocycles. The molecule has 0 saturated heterocycles. The average Bonchev–Trinajstić information content (AvgIpc) is 3.34. The second-order valence-corrected chi connectivity index (χ2v) is 18.0. The van der Waals surface area contributed by atoms with Crippen molar-refractivity contribution in [2.75, 3.05) is 4.90 Å². The van der Waals surface area contributed by atoms with Gasteiger partial charge in [-0.3, -0.25) is 0 Å². The Hall–Kier alpha value is -7.39. The SMILES string of the molecule is c1ccc(-c2ccc(N(c3ccc(-c4ccccc4)cc3)c3ccc(-c4c(S(c5ccccc5)(c5ccccc5)c5ccccc5)ccc5ccccc45)cc3)cc2)cc1. The van der Waals surface area contributed by atoms with Crippen LogP contribution in [0.15, 0.2) is 280 Å². The van der Waals surface area contributed by atoms with Gasteiger partial charge in [-0.25, -0.2) is 0 Å². The zero-order valence-corrected chi connectivity index (χ0v) is 34.0. The summed E-state index contributed by atoms with van der Waals surface area (Å²) < 4.78 is 0. The first-order valence-corrected chi connectivity index (χ1v) is 22.1. The fourth-order valence-electron chi connectivity index (χ4n) is 8.56. The zero-order chi connectivity index (χ0) is 40.1. The van der Waals surface area contributed by atoms with Gasteiger partial charge in [-0.2, -0.15) is 0 Å². The Morgan fingerprint density at radius 2 is 0.583 bits per heavy atom. The Bertz CT molecular complexity index is 2790. The highest BCUT2D eigenvalue weighted by Gasteiger charge is 2.36. The molecular weight excluding hydrogens is 743 g/mol. The van der Waals surface area contributed by atoms with Gasteiger partial charge in [0.05, 0.1) is 0 Å². The molecule has 0 saturated carbocycles. The standard InChI is InChI=1S/C58H43NS/c1-6-18-44(19-7-1)46-30-37-50(38-31-46)59(51-39-32-47(33-40-51)45-20-8-2-9-21-45)52-41-34-49(35-42-52)58-56-29-17-16-22-48(56)36-43-57(58)60(53-23-10-3-11-24-53,54-25-12-4-13-26-54)55-27-14-5-15-28-55/h1-43H. The van der Waals surface area contributed by atoms with Gasteiger partial charge < -0.3 is 4.90 Å². The number of anilines is 3. The third-order valence-electron chi connectivity index (χ3n) is 11.4. The number of hydrogen-bond donors (Lipinski definition) is 0. The van der Waals surface area contributed by atoms with Crippen LogP contribution in [0.3, 0.4) is 0 Å². The van der Waals surface area contributed by atoms with E-state index in [-0.39, 0.29) is 0 Å². The molecule has 0 aliphatic rings. The molecule has 286 valence electrons. The van der Waals surface area contributed by atoms with Crippen LogP contribution in [-0.4, -0.2) is 0 Å². The molecule has 0 fully saturated rings. The largest absolute Gasteiger partial charge is 0.311 e. The second kappa shape index (κ2) is 16.5. The fraction of sp³-hybridized carbons (Fsp3) is 0. The van der Waals surface area contributed by atoms with Crippen LogP contribution in [0, 0.1) is 0 Å². The first-order valence-electron chi connectivity index (χ1n) is 20.5. The topological polar surface area (TPSA) is 3.24 Å². The van der Waals surface area contributed by atoms with E-state index in [0.29, 0.717) is 0 Å². The van der Waals surface area contributed by atoms with E-state index in [1.807, 2.05) is 0 Å². The van der Waals surface area contributed by atoms with Crippen LogP contribution in [-0.2, 0) is 0 Å². The first kappa shape index (κ1) is 36.9. The van der Waals surface area contributed by atoms with Crippen LogP contribution in [0.2, 0.25) is 0 Å². The molecule has 1 nitrogen and oxygen atoms in total. The molecule has 60 heavy (non-hydrogen) atoms. The van der Waals surface area contributed by atoms with Gasteiger partial charge in [-0.15, -0.1) is 10.0 Å². The van der Waals surface area contributed by atoms with Gasteiger partial charge in [0.1, 0.15) is 0 Å². The summed E-state index contributed by atoms with van der Waals surface area (Å²) in [6.07, 6.45) is 0. The summed E-state index contributed by atoms with van der Waals surface area (Å²) in [5.74, 6) is 0. The number of fused-ring (bicyclic) bond motifs is 1. The monoisotopic (exact) mass is 785 g/mol. The predicted octanol–water partition coefficient (Wildman–Crippen LogP) is 16.7. The van der Waals surface area contributed by atoms with E-state index in [4.69, 9.17) is 0 Å². The van der Waals surface area contributed by atoms with Crippen molar-refractivity contribution in [3.8, 4) is 33.4 Å². The van der Waals surface area contributed by atoms with Gasteiger partial charge in [-0.05, 0) is 117 Å². The summed E-state index contributed by atoms with van der Waals surface area (Å²) in [5, 5.41) is 2.47. The van der Waals surface area contributed by atoms with Crippen LogP contribution in [0.4, 0.5) is 17.1 Å². The molecule has 10 aromatic rings. The summed E-state index contributed by atoms with van der Waals surface area (Å²) in [6.45, 7) is 0. The minimum absolute atomic E-state index is 1.09. The molecule has 0 unspecified atom stereocenters. The van der Waals surface area contributed by atoms with Gasteiger partial charge in [0.2, 0.25) is 0 Å². The highest BCUT2D eigenvalue weighted by Crippen LogP contribution is 2.75. The third kappa shape index (κ3) is 6.87. The van der Waals surface area contributed by atoms with Crippen molar-refractivity contribution < 1.29 is 0 Å². The van der Waals surface area contributed by atoms with Gasteiger partial charge in [0.25, 0.3) is 0 Å². The van der Waals surface area contributed by atoms with E-state index in [2.05, 4.69) is 266 Å². The van der Waals surface area contributed by atoms with Crippen LogP contribution in [0.1, 0.15) is 0 Å². The normalized spacial score (nSPS) is 11.6. The lowest BCUT2D eigenvalue weighted by atomic mass is 9.97. The van der Waals surface area contributed by atoms with E-state index in [1.54, 1.807) is 0 Å². The molecule has 0 aliphatic heterocycles. The van der Waals surface area contributed by atoms with Crippen LogP contribution >= 0.6 is 10.0 Å². The van der Waals surface area contributed by atoms with Gasteiger partial charge in [0, 0.05) is 42.2 Å². The fourth-order valence-corrected chi connectivity index (χ4v) is 12.6. The smallest absolute Gasteiger partial charge is 0.0462 e. The van der Waals surface area contributed by atoms with Crippen molar-refractivity contribution in [2.24, 2.45) is 0 Å². The first-order chi connectivity index (χ1) is 29.8. The summed E-state index contributed by atoms with van der Waals surface area (Å²) in [6, 6.07) is 95.3. The van der Waals surface area contributed by atoms with Crippen molar-refractivity contribution in [3.05, 3.63) is 261 Å². The van der Waals surface area contributed by atoms with Crippen molar-refractivity contribution in [3.63, 3.8) is 0 Å². The number of rotatable bonds is 10. The van der Waals surface area contributed by atoms with Crippen molar-refractivity contribution in [2.45, 2.75) is 19.6 Å². The van der Waals surface area contributed by atoms with Crippen LogP contribution < -0.4 is 4.90 Å². The van der Waals surface area contributed by atoms with Gasteiger partial charge in [-0.1, -0.05) is 182 Å². The Morgan fingerprint density at radius 1 is 0.250 bits per heavy atom. The maximum Gasteiger partial charge on any atom is 0.0462 e. The van der Waals surface area contributed by atoms with Gasteiger partial charge in [0.15, 0.2) is 0 Å². The lowest BCUT2D eigenvalue weighted by Crippen LogP contribution is -2.10. The second-order valence-electron chi connectivity index (χ2n) is 14.9. The molecule has 10 aromatic carbocycles. The molecule has 0 aliphatic carbocycles. The number of benzene rings is 10. The Balaban J connectivity index is 1.16. The van der Waals surface area contributed by atoms with E-state index in [1.165, 1.54) is 63.7 Å². The van der Waals surface area contributed by atoms with E-state index in [0.717, 1.165) is 17.1 Å². The Kier molecular flexibility index (Phi) is 10.1. The van der Waals surface area contributed by atoms with Crippen LogP contribution in [0.25, 0.3) is 44.2 Å². The summed E-state index contributed by atoms with van der Waals surface area (Å²) in [4.78, 5) is 7.60. The van der Waals surface area contributed by atoms with E-state index < -0.39 is 10.0 Å². The molecular formula is C58H43NS. The van der Waals surface area contributed by atoms with Gasteiger partial charge >= 0.3 is 0 Å². The van der Waals surface area contributed by atoms with Crippen LogP contribution in [0.5, 0.6) is 0 Å². The average molecular weight is 786 g/mol. The minimum Gasteiger partial charge on any atom is -0.311 e. The Labute approximate surface area is 354 Å². The molecule has 0 N–H and O–H groups in total. The summed E-state index contributed by atoms with van der Waals surface area (Å²) >= 11 is 0. The third-order valence-corrected chi connectivity index (χ3v) is 15.3. The molecule has 0 atom stereocenters. The minimum atomic E-state index is -1.96. The highest BCUT2D eigenvalue weighted by atomic mass is 32.3. The Morgan fingerprint density at radius 3 is 1.00 bits per heavy atom. The van der Waals surface area contributed by atoms with E-state index in [9.17, 15) is 0 Å². The zero-order valence-electron chi connectivity index (χ0n) is 33.2. The number of hydrogen-bond acceptors (Lipinski definition) is 1.